The van der Waals surface area contributed by atoms with Gasteiger partial charge in [0.2, 0.25) is 0 Å². The van der Waals surface area contributed by atoms with Crippen molar-refractivity contribution < 1.29 is 8.78 Å². The molecule has 0 amide bonds. The third-order valence-electron chi connectivity index (χ3n) is 5.66. The van der Waals surface area contributed by atoms with E-state index in [1.165, 1.54) is 12.1 Å². The van der Waals surface area contributed by atoms with E-state index in [4.69, 9.17) is 0 Å². The monoisotopic (exact) mass is 360 g/mol. The largest absolute Gasteiger partial charge is 0.371 e. The van der Waals surface area contributed by atoms with E-state index in [0.29, 0.717) is 19.1 Å². The van der Waals surface area contributed by atoms with Crippen molar-refractivity contribution in [1.82, 2.24) is 14.5 Å². The fourth-order valence-electron chi connectivity index (χ4n) is 3.98. The van der Waals surface area contributed by atoms with Crippen molar-refractivity contribution in [3.63, 3.8) is 0 Å². The molecule has 7 heteroatoms. The van der Waals surface area contributed by atoms with Crippen LogP contribution in [0.25, 0.3) is 0 Å². The normalized spacial score (nSPS) is 18.4. The number of rotatable bonds is 2. The summed E-state index contributed by atoms with van der Waals surface area (Å²) in [7, 11) is 1.76. The van der Waals surface area contributed by atoms with Crippen LogP contribution in [0, 0.1) is 18.6 Å². The third kappa shape index (κ3) is 2.90. The number of aromatic nitrogens is 2. The number of aryl methyl sites for hydroxylation is 1. The van der Waals surface area contributed by atoms with Crippen LogP contribution in [-0.2, 0) is 20.1 Å². The van der Waals surface area contributed by atoms with Crippen molar-refractivity contribution in [1.29, 1.82) is 0 Å². The van der Waals surface area contributed by atoms with Gasteiger partial charge >= 0.3 is 0 Å². The molecule has 1 aromatic carbocycles. The predicted octanol–water partition coefficient (Wildman–Crippen LogP) is 2.35. The van der Waals surface area contributed by atoms with Crippen LogP contribution >= 0.6 is 0 Å². The average Bonchev–Trinajstić information content (AvgIpc) is 3.06. The Bertz CT molecular complexity index is 903. The first kappa shape index (κ1) is 17.1. The van der Waals surface area contributed by atoms with Gasteiger partial charge in [-0.25, -0.2) is 13.8 Å². The first-order chi connectivity index (χ1) is 12.4. The summed E-state index contributed by atoms with van der Waals surface area (Å²) >= 11 is 0. The Balaban J connectivity index is 1.44. The van der Waals surface area contributed by atoms with Crippen molar-refractivity contribution in [3.8, 4) is 0 Å². The molecule has 5 nitrogen and oxygen atoms in total. The molecule has 2 aliphatic rings. The van der Waals surface area contributed by atoms with Crippen molar-refractivity contribution in [2.75, 3.05) is 18.0 Å². The number of hydrogen-bond acceptors (Lipinski definition) is 4. The molecule has 0 atom stereocenters. The molecular weight excluding hydrogens is 338 g/mol. The summed E-state index contributed by atoms with van der Waals surface area (Å²) in [5, 5.41) is 0. The van der Waals surface area contributed by atoms with Crippen molar-refractivity contribution >= 4 is 5.69 Å². The number of benzene rings is 1. The molecule has 0 aliphatic carbocycles. The number of piperidine rings is 1. The van der Waals surface area contributed by atoms with Gasteiger partial charge in [0, 0.05) is 51.0 Å². The fraction of sp³-hybridized carbons (Fsp3) is 0.474. The molecule has 2 aromatic rings. The predicted molar refractivity (Wildman–Crippen MR) is 95.1 cm³/mol. The topological polar surface area (TPSA) is 41.4 Å². The number of halogens is 2. The van der Waals surface area contributed by atoms with Crippen molar-refractivity contribution in [2.45, 2.75) is 38.9 Å². The maximum absolute atomic E-state index is 13.5. The Morgan fingerprint density at radius 2 is 1.85 bits per heavy atom. The van der Waals surface area contributed by atoms with E-state index >= 15 is 0 Å². The number of fused-ring (bicyclic) bond motifs is 1. The third-order valence-corrected chi connectivity index (χ3v) is 5.66. The molecule has 1 aromatic heterocycles. The maximum atomic E-state index is 13.5. The highest BCUT2D eigenvalue weighted by atomic mass is 19.2. The molecule has 1 saturated heterocycles. The lowest BCUT2D eigenvalue weighted by molar-refractivity contribution is 0.169. The summed E-state index contributed by atoms with van der Waals surface area (Å²) in [5.74, 6) is -0.886. The molecule has 26 heavy (non-hydrogen) atoms. The minimum Gasteiger partial charge on any atom is -0.371 e. The van der Waals surface area contributed by atoms with E-state index in [1.807, 2.05) is 6.92 Å². The maximum Gasteiger partial charge on any atom is 0.258 e. The summed E-state index contributed by atoms with van der Waals surface area (Å²) in [5.41, 5.74) is 2.47. The molecule has 1 fully saturated rings. The Hall–Kier alpha value is -2.28. The van der Waals surface area contributed by atoms with Crippen LogP contribution < -0.4 is 10.5 Å². The first-order valence-electron chi connectivity index (χ1n) is 8.93. The Labute approximate surface area is 150 Å². The summed E-state index contributed by atoms with van der Waals surface area (Å²) in [6.45, 7) is 4.78. The molecular formula is C19H22F2N4O. The average molecular weight is 360 g/mol. The molecule has 0 saturated carbocycles. The molecule has 0 bridgehead atoms. The zero-order valence-corrected chi connectivity index (χ0v) is 15.0. The summed E-state index contributed by atoms with van der Waals surface area (Å²) in [4.78, 5) is 21.4. The van der Waals surface area contributed by atoms with E-state index in [2.05, 4.69) is 14.8 Å². The summed E-state index contributed by atoms with van der Waals surface area (Å²) < 4.78 is 28.2. The number of anilines is 1. The highest BCUT2D eigenvalue weighted by Crippen LogP contribution is 2.28. The standard InChI is InChI=1S/C19H22F2N4O/c1-12-22-18-11-25(10-15(18)19(26)23(12)2)13-5-7-24(8-6-13)14-3-4-16(20)17(21)9-14/h3-4,9,13H,5-8,10-11H2,1-2H3. The second kappa shape index (κ2) is 6.46. The van der Waals surface area contributed by atoms with Gasteiger partial charge in [0.15, 0.2) is 11.6 Å². The summed E-state index contributed by atoms with van der Waals surface area (Å²) in [6.07, 6.45) is 1.85. The molecule has 0 spiro atoms. The van der Waals surface area contributed by atoms with Crippen molar-refractivity contribution in [3.05, 3.63) is 57.3 Å². The van der Waals surface area contributed by atoms with E-state index in [1.54, 1.807) is 17.7 Å². The second-order valence-corrected chi connectivity index (χ2v) is 7.17. The van der Waals surface area contributed by atoms with Crippen LogP contribution in [0.4, 0.5) is 14.5 Å². The van der Waals surface area contributed by atoms with Crippen LogP contribution in [0.1, 0.15) is 29.9 Å². The van der Waals surface area contributed by atoms with Crippen LogP contribution in [0.15, 0.2) is 23.0 Å². The zero-order valence-electron chi connectivity index (χ0n) is 15.0. The summed E-state index contributed by atoms with van der Waals surface area (Å²) in [6, 6.07) is 4.44. The quantitative estimate of drug-likeness (QED) is 0.825. The van der Waals surface area contributed by atoms with E-state index in [9.17, 15) is 13.6 Å². The molecule has 3 heterocycles. The van der Waals surface area contributed by atoms with Gasteiger partial charge in [0.1, 0.15) is 5.82 Å². The lowest BCUT2D eigenvalue weighted by atomic mass is 10.0. The van der Waals surface area contributed by atoms with E-state index in [0.717, 1.165) is 48.7 Å². The van der Waals surface area contributed by atoms with Crippen LogP contribution in [0.2, 0.25) is 0 Å². The van der Waals surface area contributed by atoms with Gasteiger partial charge in [-0.2, -0.15) is 0 Å². The van der Waals surface area contributed by atoms with Gasteiger partial charge in [-0.1, -0.05) is 0 Å². The van der Waals surface area contributed by atoms with Crippen LogP contribution in [0.5, 0.6) is 0 Å². The zero-order chi connectivity index (χ0) is 18.4. The smallest absolute Gasteiger partial charge is 0.258 e. The Kier molecular flexibility index (Phi) is 4.26. The fourth-order valence-corrected chi connectivity index (χ4v) is 3.98. The van der Waals surface area contributed by atoms with Crippen LogP contribution in [0.3, 0.4) is 0 Å². The minimum absolute atomic E-state index is 0.0502. The number of hydrogen-bond donors (Lipinski definition) is 0. The molecule has 138 valence electrons. The molecule has 0 N–H and O–H groups in total. The van der Waals surface area contributed by atoms with Gasteiger partial charge < -0.3 is 4.90 Å². The molecule has 4 rings (SSSR count). The second-order valence-electron chi connectivity index (χ2n) is 7.17. The Morgan fingerprint density at radius 3 is 2.54 bits per heavy atom. The lowest BCUT2D eigenvalue weighted by Gasteiger charge is -2.37. The van der Waals surface area contributed by atoms with Crippen LogP contribution in [-0.4, -0.2) is 33.6 Å². The van der Waals surface area contributed by atoms with Gasteiger partial charge in [-0.05, 0) is 31.9 Å². The first-order valence-corrected chi connectivity index (χ1v) is 8.93. The van der Waals surface area contributed by atoms with Crippen molar-refractivity contribution in [2.24, 2.45) is 7.05 Å². The molecule has 0 radical (unpaired) electrons. The molecule has 0 unspecified atom stereocenters. The van der Waals surface area contributed by atoms with E-state index < -0.39 is 11.6 Å². The van der Waals surface area contributed by atoms with Gasteiger partial charge in [0.25, 0.3) is 5.56 Å². The van der Waals surface area contributed by atoms with Gasteiger partial charge in [-0.15, -0.1) is 0 Å². The Morgan fingerprint density at radius 1 is 1.12 bits per heavy atom. The highest BCUT2D eigenvalue weighted by molar-refractivity contribution is 5.47. The van der Waals surface area contributed by atoms with Gasteiger partial charge in [0.05, 0.1) is 11.3 Å². The highest BCUT2D eigenvalue weighted by Gasteiger charge is 2.32. The molecule has 2 aliphatic heterocycles. The SMILES string of the molecule is Cc1nc2c(c(=O)n1C)CN(C1CCN(c3ccc(F)c(F)c3)CC1)C2. The number of nitrogens with zero attached hydrogens (tertiary/aromatic N) is 4. The van der Waals surface area contributed by atoms with E-state index in [-0.39, 0.29) is 5.56 Å². The lowest BCUT2D eigenvalue weighted by Crippen LogP contribution is -2.43. The minimum atomic E-state index is -0.817. The van der Waals surface area contributed by atoms with Gasteiger partial charge in [-0.3, -0.25) is 14.3 Å².